The second kappa shape index (κ2) is 9.07. The van der Waals surface area contributed by atoms with E-state index in [0.717, 1.165) is 36.7 Å². The topological polar surface area (TPSA) is 25.6 Å². The molecule has 2 unspecified atom stereocenters. The molecule has 4 heteroatoms. The van der Waals surface area contributed by atoms with Crippen LogP contribution in [0.5, 0.6) is 5.75 Å². The molecule has 30 heavy (non-hydrogen) atoms. The van der Waals surface area contributed by atoms with Crippen molar-refractivity contribution in [2.45, 2.75) is 50.8 Å². The highest BCUT2D eigenvalue weighted by atomic mass is 32.2. The number of rotatable bonds is 6. The van der Waals surface area contributed by atoms with Gasteiger partial charge in [-0.1, -0.05) is 44.2 Å². The van der Waals surface area contributed by atoms with Gasteiger partial charge in [-0.25, -0.2) is 0 Å². The van der Waals surface area contributed by atoms with Gasteiger partial charge in [0.15, 0.2) is 11.3 Å². The van der Waals surface area contributed by atoms with E-state index >= 15 is 0 Å². The normalized spacial score (nSPS) is 20.2. The zero-order chi connectivity index (χ0) is 21.3. The summed E-state index contributed by atoms with van der Waals surface area (Å²) in [5.41, 5.74) is 5.23. The van der Waals surface area contributed by atoms with Crippen LogP contribution in [0.2, 0.25) is 0 Å². The van der Waals surface area contributed by atoms with Crippen molar-refractivity contribution in [3.8, 4) is 5.75 Å². The Balaban J connectivity index is 1.62. The van der Waals surface area contributed by atoms with Gasteiger partial charge in [-0.3, -0.25) is 4.90 Å². The smallest absolute Gasteiger partial charge is 0.176 e. The Morgan fingerprint density at radius 3 is 2.73 bits per heavy atom. The van der Waals surface area contributed by atoms with Crippen LogP contribution < -0.4 is 4.74 Å². The lowest BCUT2D eigenvalue weighted by molar-refractivity contribution is 0.205. The number of hydrogen-bond donors (Lipinski definition) is 0. The molecule has 1 fully saturated rings. The Hall–Kier alpha value is -1.91. The molecule has 2 atom stereocenters. The summed E-state index contributed by atoms with van der Waals surface area (Å²) in [6.45, 7) is 9.80. The molecule has 4 rings (SSSR count). The van der Waals surface area contributed by atoms with Crippen molar-refractivity contribution in [3.63, 3.8) is 0 Å². The number of piperidine rings is 1. The quantitative estimate of drug-likeness (QED) is 0.446. The van der Waals surface area contributed by atoms with Crippen molar-refractivity contribution in [2.24, 2.45) is 0 Å². The number of ether oxygens (including phenoxy) is 1. The number of nitrogens with zero attached hydrogens (tertiary/aromatic N) is 1. The Morgan fingerprint density at radius 1 is 1.20 bits per heavy atom. The first-order valence-corrected chi connectivity index (χ1v) is 12.2. The molecular weight excluding hydrogens is 390 g/mol. The Morgan fingerprint density at radius 2 is 2.00 bits per heavy atom. The van der Waals surface area contributed by atoms with Gasteiger partial charge >= 0.3 is 0 Å². The maximum absolute atomic E-state index is 5.94. The molecule has 3 nitrogen and oxygen atoms in total. The second-order valence-electron chi connectivity index (χ2n) is 8.71. The Labute approximate surface area is 184 Å². The standard InChI is InChI=1S/C26H33NO2S/c1-17(2)20-8-6-7-9-21(20)23-16-27(13-12-25(23)30-5)15-19-10-11-24(28-4)26-22(19)14-18(3)29-26/h6-11,14,17,23,25H,12-13,15-16H2,1-5H3. The summed E-state index contributed by atoms with van der Waals surface area (Å²) >= 11 is 2.03. The molecule has 1 aliphatic heterocycles. The van der Waals surface area contributed by atoms with Crippen LogP contribution in [0.1, 0.15) is 54.6 Å². The minimum absolute atomic E-state index is 0.550. The van der Waals surface area contributed by atoms with Gasteiger partial charge < -0.3 is 9.15 Å². The number of hydrogen-bond acceptors (Lipinski definition) is 4. The van der Waals surface area contributed by atoms with Crippen molar-refractivity contribution in [1.29, 1.82) is 0 Å². The highest BCUT2D eigenvalue weighted by molar-refractivity contribution is 7.99. The van der Waals surface area contributed by atoms with Crippen LogP contribution in [0.4, 0.5) is 0 Å². The fourth-order valence-electron chi connectivity index (χ4n) is 4.91. The third-order valence-corrected chi connectivity index (χ3v) is 7.60. The number of methoxy groups -OCH3 is 1. The summed E-state index contributed by atoms with van der Waals surface area (Å²) in [6, 6.07) is 15.5. The molecule has 160 valence electrons. The molecule has 0 saturated carbocycles. The molecule has 2 heterocycles. The van der Waals surface area contributed by atoms with Crippen LogP contribution in [0.25, 0.3) is 11.0 Å². The van der Waals surface area contributed by atoms with Gasteiger partial charge in [0.25, 0.3) is 0 Å². The SMILES string of the molecule is COc1ccc(CN2CCC(SC)C(c3ccccc3C(C)C)C2)c2cc(C)oc12. The predicted molar refractivity (Wildman–Crippen MR) is 128 cm³/mol. The van der Waals surface area contributed by atoms with Crippen molar-refractivity contribution in [2.75, 3.05) is 26.5 Å². The van der Waals surface area contributed by atoms with Crippen LogP contribution in [-0.4, -0.2) is 36.6 Å². The lowest BCUT2D eigenvalue weighted by atomic mass is 9.84. The van der Waals surface area contributed by atoms with E-state index in [-0.39, 0.29) is 0 Å². The van der Waals surface area contributed by atoms with Gasteiger partial charge in [0.05, 0.1) is 7.11 Å². The van der Waals surface area contributed by atoms with Gasteiger partial charge in [0.1, 0.15) is 5.76 Å². The summed E-state index contributed by atoms with van der Waals surface area (Å²) < 4.78 is 11.5. The molecule has 0 radical (unpaired) electrons. The number of fused-ring (bicyclic) bond motifs is 1. The van der Waals surface area contributed by atoms with Crippen LogP contribution in [0.15, 0.2) is 46.9 Å². The van der Waals surface area contributed by atoms with Crippen LogP contribution >= 0.6 is 11.8 Å². The first-order chi connectivity index (χ1) is 14.5. The van der Waals surface area contributed by atoms with E-state index in [9.17, 15) is 0 Å². The van der Waals surface area contributed by atoms with Gasteiger partial charge in [-0.2, -0.15) is 11.8 Å². The third-order valence-electron chi connectivity index (χ3n) is 6.43. The van der Waals surface area contributed by atoms with E-state index in [1.807, 2.05) is 24.8 Å². The van der Waals surface area contributed by atoms with E-state index in [4.69, 9.17) is 9.15 Å². The van der Waals surface area contributed by atoms with E-state index in [0.29, 0.717) is 17.1 Å². The lowest BCUT2D eigenvalue weighted by Gasteiger charge is -2.39. The van der Waals surface area contributed by atoms with Gasteiger partial charge in [-0.05, 0) is 60.9 Å². The van der Waals surface area contributed by atoms with Crippen molar-refractivity contribution in [3.05, 3.63) is 64.9 Å². The molecule has 3 aromatic rings. The van der Waals surface area contributed by atoms with E-state index < -0.39 is 0 Å². The zero-order valence-electron chi connectivity index (χ0n) is 18.8. The minimum Gasteiger partial charge on any atom is -0.493 e. The number of thioether (sulfide) groups is 1. The average molecular weight is 424 g/mol. The van der Waals surface area contributed by atoms with Crippen LogP contribution in [0, 0.1) is 6.92 Å². The number of furan rings is 1. The molecule has 0 N–H and O–H groups in total. The van der Waals surface area contributed by atoms with Gasteiger partial charge in [0, 0.05) is 29.6 Å². The predicted octanol–water partition coefficient (Wildman–Crippen LogP) is 6.59. The molecule has 1 saturated heterocycles. The summed E-state index contributed by atoms with van der Waals surface area (Å²) in [4.78, 5) is 2.62. The number of likely N-dealkylation sites (tertiary alicyclic amines) is 1. The maximum Gasteiger partial charge on any atom is 0.176 e. The molecule has 2 aromatic carbocycles. The highest BCUT2D eigenvalue weighted by Gasteiger charge is 2.31. The van der Waals surface area contributed by atoms with Crippen molar-refractivity contribution < 1.29 is 9.15 Å². The van der Waals surface area contributed by atoms with Gasteiger partial charge in [-0.15, -0.1) is 0 Å². The van der Waals surface area contributed by atoms with Gasteiger partial charge in [0.2, 0.25) is 0 Å². The minimum atomic E-state index is 0.550. The fraction of sp³-hybridized carbons (Fsp3) is 0.462. The highest BCUT2D eigenvalue weighted by Crippen LogP contribution is 2.39. The van der Waals surface area contributed by atoms with Crippen LogP contribution in [-0.2, 0) is 6.54 Å². The molecular formula is C26H33NO2S. The Bertz CT molecular complexity index is 1010. The van der Waals surface area contributed by atoms with E-state index in [1.165, 1.54) is 28.5 Å². The second-order valence-corrected chi connectivity index (χ2v) is 9.79. The summed E-state index contributed by atoms with van der Waals surface area (Å²) in [6.07, 6.45) is 3.49. The largest absolute Gasteiger partial charge is 0.493 e. The molecule has 0 amide bonds. The van der Waals surface area contributed by atoms with E-state index in [1.54, 1.807) is 7.11 Å². The first kappa shape index (κ1) is 21.3. The van der Waals surface area contributed by atoms with Crippen molar-refractivity contribution >= 4 is 22.7 Å². The molecule has 0 aliphatic carbocycles. The first-order valence-electron chi connectivity index (χ1n) is 10.9. The fourth-order valence-corrected chi connectivity index (χ4v) is 5.82. The molecule has 1 aromatic heterocycles. The average Bonchev–Trinajstić information content (AvgIpc) is 3.15. The maximum atomic E-state index is 5.94. The summed E-state index contributed by atoms with van der Waals surface area (Å²) in [7, 11) is 1.70. The zero-order valence-corrected chi connectivity index (χ0v) is 19.6. The van der Waals surface area contributed by atoms with E-state index in [2.05, 4.69) is 61.4 Å². The summed E-state index contributed by atoms with van der Waals surface area (Å²) in [5.74, 6) is 2.86. The molecule has 0 bridgehead atoms. The van der Waals surface area contributed by atoms with Crippen molar-refractivity contribution in [1.82, 2.24) is 4.90 Å². The molecule has 1 aliphatic rings. The number of aryl methyl sites for hydroxylation is 1. The third kappa shape index (κ3) is 4.13. The summed E-state index contributed by atoms with van der Waals surface area (Å²) in [5, 5.41) is 1.85. The monoisotopic (exact) mass is 423 g/mol. The molecule has 0 spiro atoms. The van der Waals surface area contributed by atoms with Crippen LogP contribution in [0.3, 0.4) is 0 Å². The number of benzene rings is 2. The lowest BCUT2D eigenvalue weighted by Crippen LogP contribution is -2.40. The Kier molecular flexibility index (Phi) is 6.45.